The van der Waals surface area contributed by atoms with Crippen LogP contribution in [-0.4, -0.2) is 39.2 Å². The first-order valence-electron chi connectivity index (χ1n) is 8.02. The fourth-order valence-corrected chi connectivity index (χ4v) is 2.77. The minimum atomic E-state index is -1.94. The summed E-state index contributed by atoms with van der Waals surface area (Å²) in [6.07, 6.45) is -1.19. The summed E-state index contributed by atoms with van der Waals surface area (Å²) in [4.78, 5) is 23.6. The molecule has 0 aliphatic carbocycles. The number of aromatic carboxylic acids is 1. The van der Waals surface area contributed by atoms with Crippen LogP contribution in [0.1, 0.15) is 20.7 Å². The van der Waals surface area contributed by atoms with Crippen molar-refractivity contribution in [2.75, 3.05) is 12.4 Å². The molecule has 0 heterocycles. The highest BCUT2D eigenvalue weighted by Crippen LogP contribution is 2.29. The second-order valence-electron chi connectivity index (χ2n) is 5.66. The highest BCUT2D eigenvalue weighted by atomic mass is 35.6. The van der Waals surface area contributed by atoms with E-state index in [9.17, 15) is 9.59 Å². The molecular weight excluding hydrogens is 461 g/mol. The Labute approximate surface area is 187 Å². The van der Waals surface area contributed by atoms with Gasteiger partial charge < -0.3 is 25.8 Å². The van der Waals surface area contributed by atoms with Crippen molar-refractivity contribution < 1.29 is 19.4 Å². The van der Waals surface area contributed by atoms with Gasteiger partial charge in [0.2, 0.25) is 3.79 Å². The zero-order valence-electron chi connectivity index (χ0n) is 14.9. The number of anilines is 1. The van der Waals surface area contributed by atoms with Gasteiger partial charge in [0.25, 0.3) is 5.91 Å². The Bertz CT molecular complexity index is 921. The van der Waals surface area contributed by atoms with E-state index in [0.717, 1.165) is 0 Å². The molecule has 0 aromatic heterocycles. The fraction of sp³-hybridized carbons (Fsp3) is 0.167. The molecule has 0 aliphatic heterocycles. The normalized spacial score (nSPS) is 11.9. The van der Waals surface area contributed by atoms with Crippen molar-refractivity contribution in [2.45, 2.75) is 9.96 Å². The van der Waals surface area contributed by atoms with E-state index >= 15 is 0 Å². The number of rotatable bonds is 6. The van der Waals surface area contributed by atoms with Gasteiger partial charge in [-0.3, -0.25) is 4.79 Å². The van der Waals surface area contributed by atoms with E-state index in [-0.39, 0.29) is 10.7 Å². The van der Waals surface area contributed by atoms with E-state index < -0.39 is 21.8 Å². The molecule has 0 aliphatic rings. The molecule has 2 rings (SSSR count). The quantitative estimate of drug-likeness (QED) is 0.286. The number of halogens is 3. The number of carboxylic acid groups (broad SMARTS) is 1. The number of carbonyl (C=O) groups excluding carboxylic acids is 1. The van der Waals surface area contributed by atoms with Crippen molar-refractivity contribution in [3.8, 4) is 5.75 Å². The summed E-state index contributed by atoms with van der Waals surface area (Å²) in [5.74, 6) is -1.12. The van der Waals surface area contributed by atoms with Crippen molar-refractivity contribution in [3.63, 3.8) is 0 Å². The third-order valence-corrected chi connectivity index (χ3v) is 4.45. The van der Waals surface area contributed by atoms with Crippen LogP contribution in [0.25, 0.3) is 0 Å². The first-order valence-corrected chi connectivity index (χ1v) is 9.57. The minimum Gasteiger partial charge on any atom is -0.497 e. The lowest BCUT2D eigenvalue weighted by atomic mass is 10.2. The summed E-state index contributed by atoms with van der Waals surface area (Å²) in [7, 11) is 1.48. The maximum Gasteiger partial charge on any atom is 0.335 e. The van der Waals surface area contributed by atoms with Gasteiger partial charge in [0.05, 0.1) is 12.7 Å². The molecule has 154 valence electrons. The zero-order chi connectivity index (χ0) is 21.6. The van der Waals surface area contributed by atoms with E-state index in [1.54, 1.807) is 30.3 Å². The maximum absolute atomic E-state index is 12.5. The lowest BCUT2D eigenvalue weighted by Crippen LogP contribution is -2.56. The van der Waals surface area contributed by atoms with E-state index in [0.29, 0.717) is 17.0 Å². The number of amides is 1. The van der Waals surface area contributed by atoms with Gasteiger partial charge in [-0.05, 0) is 48.6 Å². The lowest BCUT2D eigenvalue weighted by Gasteiger charge is -2.27. The summed E-state index contributed by atoms with van der Waals surface area (Å²) in [5, 5.41) is 17.1. The van der Waals surface area contributed by atoms with Gasteiger partial charge in [0.1, 0.15) is 11.9 Å². The number of methoxy groups -OCH3 is 1. The molecule has 0 radical (unpaired) electrons. The first kappa shape index (κ1) is 23.0. The molecule has 1 amide bonds. The van der Waals surface area contributed by atoms with Crippen molar-refractivity contribution in [2.24, 2.45) is 0 Å². The van der Waals surface area contributed by atoms with Gasteiger partial charge in [0, 0.05) is 11.3 Å². The summed E-state index contributed by atoms with van der Waals surface area (Å²) < 4.78 is 3.15. The van der Waals surface area contributed by atoms with Crippen LogP contribution in [0, 0.1) is 0 Å². The zero-order valence-corrected chi connectivity index (χ0v) is 18.0. The topological polar surface area (TPSA) is 99.7 Å². The van der Waals surface area contributed by atoms with Gasteiger partial charge in [0.15, 0.2) is 5.11 Å². The van der Waals surface area contributed by atoms with Crippen LogP contribution in [0.5, 0.6) is 5.75 Å². The molecule has 0 bridgehead atoms. The van der Waals surface area contributed by atoms with Crippen LogP contribution in [0.2, 0.25) is 0 Å². The molecule has 29 heavy (non-hydrogen) atoms. The fourth-order valence-electron chi connectivity index (χ4n) is 2.21. The number of hydrogen-bond donors (Lipinski definition) is 4. The Hall–Kier alpha value is -2.26. The van der Waals surface area contributed by atoms with Crippen LogP contribution in [0.4, 0.5) is 5.69 Å². The predicted molar refractivity (Wildman–Crippen MR) is 117 cm³/mol. The lowest BCUT2D eigenvalue weighted by molar-refractivity contribution is 0.0696. The van der Waals surface area contributed by atoms with Crippen molar-refractivity contribution in [3.05, 3.63) is 59.7 Å². The van der Waals surface area contributed by atoms with Gasteiger partial charge in [-0.1, -0.05) is 46.9 Å². The molecular formula is C18H16Cl3N3O4S. The summed E-state index contributed by atoms with van der Waals surface area (Å²) in [6, 6.07) is 12.4. The van der Waals surface area contributed by atoms with E-state index in [1.807, 2.05) is 0 Å². The summed E-state index contributed by atoms with van der Waals surface area (Å²) in [5.41, 5.74) is 0.769. The second kappa shape index (κ2) is 9.98. The third-order valence-electron chi connectivity index (χ3n) is 3.58. The standard InChI is InChI=1S/C18H16Cl3N3O4S/c1-28-13-7-3-4-10(9-13)14(25)23-16(18(19,20)21)24-17(29)22-12-6-2-5-11(8-12)15(26)27/h2-9,16H,1H3,(H,23,25)(H,26,27)(H2,22,24,29). The summed E-state index contributed by atoms with van der Waals surface area (Å²) in [6.45, 7) is 0. The molecule has 4 N–H and O–H groups in total. The number of ether oxygens (including phenoxy) is 1. The number of benzene rings is 2. The van der Waals surface area contributed by atoms with E-state index in [1.165, 1.54) is 25.3 Å². The van der Waals surface area contributed by atoms with Crippen LogP contribution < -0.4 is 20.7 Å². The number of nitrogens with one attached hydrogen (secondary N) is 3. The maximum atomic E-state index is 12.5. The molecule has 0 fully saturated rings. The Balaban J connectivity index is 2.10. The Morgan fingerprint density at radius 1 is 1.07 bits per heavy atom. The van der Waals surface area contributed by atoms with Crippen molar-refractivity contribution in [1.82, 2.24) is 10.6 Å². The Kier molecular flexibility index (Phi) is 7.92. The molecule has 7 nitrogen and oxygen atoms in total. The number of hydrogen-bond acceptors (Lipinski definition) is 4. The van der Waals surface area contributed by atoms with Crippen LogP contribution in [0.3, 0.4) is 0 Å². The van der Waals surface area contributed by atoms with E-state index in [2.05, 4.69) is 16.0 Å². The highest BCUT2D eigenvalue weighted by molar-refractivity contribution is 7.80. The molecule has 11 heteroatoms. The molecule has 1 unspecified atom stereocenters. The van der Waals surface area contributed by atoms with Crippen molar-refractivity contribution in [1.29, 1.82) is 0 Å². The first-order chi connectivity index (χ1) is 13.6. The molecule has 0 spiro atoms. The monoisotopic (exact) mass is 475 g/mol. The average molecular weight is 477 g/mol. The van der Waals surface area contributed by atoms with Crippen molar-refractivity contribution >= 4 is 69.7 Å². The van der Waals surface area contributed by atoms with Gasteiger partial charge in [-0.15, -0.1) is 0 Å². The van der Waals surface area contributed by atoms with Crippen LogP contribution in [-0.2, 0) is 0 Å². The molecule has 0 saturated carbocycles. The van der Waals surface area contributed by atoms with Gasteiger partial charge >= 0.3 is 5.97 Å². The molecule has 2 aromatic carbocycles. The SMILES string of the molecule is COc1cccc(C(=O)NC(NC(=S)Nc2cccc(C(=O)O)c2)C(Cl)(Cl)Cl)c1. The third kappa shape index (κ3) is 6.93. The van der Waals surface area contributed by atoms with E-state index in [4.69, 9.17) is 56.9 Å². The minimum absolute atomic E-state index is 0.00908. The molecule has 1 atom stereocenters. The number of thiocarbonyl (C=S) groups is 1. The van der Waals surface area contributed by atoms with Crippen LogP contribution in [0.15, 0.2) is 48.5 Å². The summed E-state index contributed by atoms with van der Waals surface area (Å²) >= 11 is 23.1. The van der Waals surface area contributed by atoms with Crippen LogP contribution >= 0.6 is 47.0 Å². The Morgan fingerprint density at radius 3 is 2.34 bits per heavy atom. The largest absolute Gasteiger partial charge is 0.497 e. The van der Waals surface area contributed by atoms with Gasteiger partial charge in [-0.25, -0.2) is 4.79 Å². The number of carbonyl (C=O) groups is 2. The number of carboxylic acids is 1. The molecule has 2 aromatic rings. The average Bonchev–Trinajstić information content (AvgIpc) is 2.66. The number of alkyl halides is 3. The molecule has 0 saturated heterocycles. The predicted octanol–water partition coefficient (Wildman–Crippen LogP) is 3.81. The second-order valence-corrected chi connectivity index (χ2v) is 8.44. The van der Waals surface area contributed by atoms with Gasteiger partial charge in [-0.2, -0.15) is 0 Å². The smallest absolute Gasteiger partial charge is 0.335 e. The Morgan fingerprint density at radius 2 is 1.72 bits per heavy atom. The highest BCUT2D eigenvalue weighted by Gasteiger charge is 2.35.